The molecule has 0 saturated carbocycles. The maximum Gasteiger partial charge on any atom is 0.411 e. The van der Waals surface area contributed by atoms with E-state index in [1.807, 2.05) is 0 Å². The highest BCUT2D eigenvalue weighted by Gasteiger charge is 2.22. The third-order valence-electron chi connectivity index (χ3n) is 6.80. The van der Waals surface area contributed by atoms with Gasteiger partial charge in [-0.1, -0.05) is 23.7 Å². The van der Waals surface area contributed by atoms with Gasteiger partial charge in [-0.3, -0.25) is 19.6 Å². The van der Waals surface area contributed by atoms with Crippen LogP contribution in [0.2, 0.25) is 5.02 Å². The first kappa shape index (κ1) is 32.7. The molecule has 5 aromatic rings. The molecule has 0 spiro atoms. The number of nitrogens with one attached hydrogen (secondary N) is 3. The van der Waals surface area contributed by atoms with Gasteiger partial charge in [0.2, 0.25) is 5.91 Å². The summed E-state index contributed by atoms with van der Waals surface area (Å²) in [5.41, 5.74) is 2.42. The van der Waals surface area contributed by atoms with E-state index >= 15 is 0 Å². The second-order valence-electron chi connectivity index (χ2n) is 10.2. The second kappa shape index (κ2) is 13.8. The number of tetrazole rings is 1. The van der Waals surface area contributed by atoms with Crippen LogP contribution < -0.4 is 16.2 Å². The van der Waals surface area contributed by atoms with Gasteiger partial charge in [-0.15, -0.1) is 5.10 Å². The number of halogens is 1. The molecule has 0 aliphatic rings. The quantitative estimate of drug-likeness (QED) is 0.183. The minimum absolute atomic E-state index is 0.00988. The summed E-state index contributed by atoms with van der Waals surface area (Å²) in [6.45, 7) is 0. The smallest absolute Gasteiger partial charge is 0.411 e. The number of ether oxygens (including phenoxy) is 1. The summed E-state index contributed by atoms with van der Waals surface area (Å²) in [4.78, 5) is 37.7. The maximum atomic E-state index is 13.3. The van der Waals surface area contributed by atoms with Crippen LogP contribution in [0.5, 0.6) is 0 Å². The number of nitrogens with zero attached hydrogens (tertiary/aromatic N) is 7. The molecule has 1 unspecified atom stereocenters. The standard InChI is InChI=1S/C29H27ClN10O6S/c1-39-27(47(3,44)45)14-21(36-39)13-23(33-26(41)11-6-18-12-19(30)7-10-25(18)40-16-31-37-38-40)24-15-22(28(42)35-34-24)17-4-8-20(9-5-17)32-29(43)46-2/h4-12,14-16,23H,13H2,1-3H3,(H,32,43)(H,33,41)(H,35,42)/b11-6+. The first-order chi connectivity index (χ1) is 22.4. The van der Waals surface area contributed by atoms with Gasteiger partial charge in [0.25, 0.3) is 5.56 Å². The van der Waals surface area contributed by atoms with E-state index in [2.05, 4.69) is 46.2 Å². The SMILES string of the molecule is COC(=O)Nc1ccc(-c2cc(C(Cc3cc(S(C)(=O)=O)n(C)n3)NC(=O)/C=C/c3cc(Cl)ccc3-n3cnnn3)n[nH]c2=O)cc1. The van der Waals surface area contributed by atoms with Gasteiger partial charge in [0.1, 0.15) is 6.33 Å². The molecule has 0 bridgehead atoms. The number of hydrogen-bond acceptors (Lipinski definition) is 11. The molecule has 0 saturated heterocycles. The number of rotatable bonds is 10. The number of methoxy groups -OCH3 is 1. The second-order valence-corrected chi connectivity index (χ2v) is 12.6. The summed E-state index contributed by atoms with van der Waals surface area (Å²) in [6, 6.07) is 13.5. The molecule has 242 valence electrons. The van der Waals surface area contributed by atoms with Gasteiger partial charge >= 0.3 is 6.09 Å². The number of benzene rings is 2. The number of aromatic nitrogens is 8. The highest BCUT2D eigenvalue weighted by molar-refractivity contribution is 7.90. The maximum absolute atomic E-state index is 13.3. The summed E-state index contributed by atoms with van der Waals surface area (Å²) in [5, 5.41) is 28.0. The topological polar surface area (TPSA) is 209 Å². The van der Waals surface area contributed by atoms with Crippen molar-refractivity contribution in [1.29, 1.82) is 0 Å². The monoisotopic (exact) mass is 678 g/mol. The van der Waals surface area contributed by atoms with Crippen molar-refractivity contribution in [3.8, 4) is 16.8 Å². The molecule has 47 heavy (non-hydrogen) atoms. The zero-order chi connectivity index (χ0) is 33.7. The normalized spacial score (nSPS) is 12.2. The Morgan fingerprint density at radius 3 is 2.55 bits per heavy atom. The average Bonchev–Trinajstić information content (AvgIpc) is 3.70. The molecule has 2 amide bonds. The Hall–Kier alpha value is -5.68. The number of H-pyrrole nitrogens is 1. The Morgan fingerprint density at radius 1 is 1.13 bits per heavy atom. The predicted octanol–water partition coefficient (Wildman–Crippen LogP) is 2.49. The van der Waals surface area contributed by atoms with Gasteiger partial charge in [-0.25, -0.2) is 18.3 Å². The fraction of sp³-hybridized carbons (Fsp3) is 0.172. The Kier molecular flexibility index (Phi) is 9.57. The van der Waals surface area contributed by atoms with Crippen LogP contribution in [0.15, 0.2) is 76.8 Å². The molecule has 5 rings (SSSR count). The number of carbonyl (C=O) groups excluding carboxylic acids is 2. The largest absolute Gasteiger partial charge is 0.453 e. The third-order valence-corrected chi connectivity index (χ3v) is 8.18. The number of aromatic amines is 1. The van der Waals surface area contributed by atoms with E-state index in [-0.39, 0.29) is 22.7 Å². The Balaban J connectivity index is 1.48. The number of aryl methyl sites for hydroxylation is 1. The lowest BCUT2D eigenvalue weighted by Crippen LogP contribution is -2.30. The van der Waals surface area contributed by atoms with Gasteiger partial charge < -0.3 is 10.1 Å². The molecule has 16 nitrogen and oxygen atoms in total. The van der Waals surface area contributed by atoms with Gasteiger partial charge in [-0.05, 0) is 64.5 Å². The van der Waals surface area contributed by atoms with E-state index in [4.69, 9.17) is 11.6 Å². The molecular formula is C29H27ClN10O6S. The van der Waals surface area contributed by atoms with Crippen molar-refractivity contribution in [2.24, 2.45) is 7.05 Å². The van der Waals surface area contributed by atoms with E-state index in [0.717, 1.165) is 6.26 Å². The average molecular weight is 679 g/mol. The molecule has 18 heteroatoms. The van der Waals surface area contributed by atoms with Crippen molar-refractivity contribution < 1.29 is 22.7 Å². The van der Waals surface area contributed by atoms with Crippen molar-refractivity contribution in [2.45, 2.75) is 17.5 Å². The Bertz CT molecular complexity index is 2130. The first-order valence-corrected chi connectivity index (χ1v) is 16.0. The zero-order valence-corrected chi connectivity index (χ0v) is 26.7. The van der Waals surface area contributed by atoms with Crippen molar-refractivity contribution in [1.82, 2.24) is 45.5 Å². The van der Waals surface area contributed by atoms with E-state index in [9.17, 15) is 22.8 Å². The summed E-state index contributed by atoms with van der Waals surface area (Å²) >= 11 is 6.20. The minimum atomic E-state index is -3.59. The van der Waals surface area contributed by atoms with Crippen LogP contribution in [0.4, 0.5) is 10.5 Å². The van der Waals surface area contributed by atoms with E-state index in [0.29, 0.717) is 33.2 Å². The number of amides is 2. The van der Waals surface area contributed by atoms with Gasteiger partial charge in [0.15, 0.2) is 14.9 Å². The van der Waals surface area contributed by atoms with Crippen LogP contribution in [-0.2, 0) is 32.8 Å². The van der Waals surface area contributed by atoms with E-state index in [1.54, 1.807) is 42.5 Å². The van der Waals surface area contributed by atoms with Crippen molar-refractivity contribution in [3.63, 3.8) is 0 Å². The van der Waals surface area contributed by atoms with Crippen LogP contribution in [0.3, 0.4) is 0 Å². The molecule has 3 aromatic heterocycles. The molecule has 0 fully saturated rings. The lowest BCUT2D eigenvalue weighted by Gasteiger charge is -2.17. The Labute approximate surface area is 272 Å². The first-order valence-electron chi connectivity index (χ1n) is 13.7. The van der Waals surface area contributed by atoms with Gasteiger partial charge in [0, 0.05) is 42.1 Å². The fourth-order valence-corrected chi connectivity index (χ4v) is 5.68. The highest BCUT2D eigenvalue weighted by atomic mass is 35.5. The number of carbonyl (C=O) groups is 2. The van der Waals surface area contributed by atoms with Gasteiger partial charge in [0.05, 0.1) is 35.8 Å². The fourth-order valence-electron chi connectivity index (χ4n) is 4.63. The summed E-state index contributed by atoms with van der Waals surface area (Å²) in [7, 11) is -0.846. The molecule has 1 atom stereocenters. The van der Waals surface area contributed by atoms with Crippen molar-refractivity contribution in [3.05, 3.63) is 99.3 Å². The Morgan fingerprint density at radius 2 is 1.89 bits per heavy atom. The van der Waals surface area contributed by atoms with E-state index in [1.165, 1.54) is 54.1 Å². The number of hydrogen-bond donors (Lipinski definition) is 3. The summed E-state index contributed by atoms with van der Waals surface area (Å²) < 4.78 is 31.8. The molecule has 3 N–H and O–H groups in total. The molecule has 0 aliphatic carbocycles. The molecule has 0 radical (unpaired) electrons. The van der Waals surface area contributed by atoms with Crippen LogP contribution in [0.1, 0.15) is 23.0 Å². The van der Waals surface area contributed by atoms with Crippen LogP contribution in [-0.4, -0.2) is 74.0 Å². The lowest BCUT2D eigenvalue weighted by molar-refractivity contribution is -0.117. The molecule has 3 heterocycles. The predicted molar refractivity (Wildman–Crippen MR) is 170 cm³/mol. The minimum Gasteiger partial charge on any atom is -0.453 e. The number of anilines is 1. The molecule has 2 aromatic carbocycles. The number of sulfone groups is 1. The lowest BCUT2D eigenvalue weighted by atomic mass is 10.0. The van der Waals surface area contributed by atoms with Crippen LogP contribution in [0.25, 0.3) is 22.9 Å². The molecular weight excluding hydrogens is 652 g/mol. The van der Waals surface area contributed by atoms with Crippen molar-refractivity contribution in [2.75, 3.05) is 18.7 Å². The molecule has 0 aliphatic heterocycles. The third kappa shape index (κ3) is 7.95. The highest BCUT2D eigenvalue weighted by Crippen LogP contribution is 2.24. The van der Waals surface area contributed by atoms with Crippen LogP contribution in [0, 0.1) is 0 Å². The van der Waals surface area contributed by atoms with E-state index < -0.39 is 33.4 Å². The summed E-state index contributed by atoms with van der Waals surface area (Å²) in [6.07, 6.45) is 4.66. The zero-order valence-electron chi connectivity index (χ0n) is 25.1. The van der Waals surface area contributed by atoms with Gasteiger partial charge in [-0.2, -0.15) is 14.9 Å². The van der Waals surface area contributed by atoms with Crippen molar-refractivity contribution >= 4 is 45.2 Å². The summed E-state index contributed by atoms with van der Waals surface area (Å²) in [5.74, 6) is -0.537. The van der Waals surface area contributed by atoms with Crippen LogP contribution >= 0.6 is 11.6 Å².